The molecule has 1 fully saturated rings. The zero-order chi connectivity index (χ0) is 28.7. The molecule has 0 aliphatic carbocycles. The smallest absolute Gasteiger partial charge is 0.404 e. The summed E-state index contributed by atoms with van der Waals surface area (Å²) < 4.78 is 31.2. The third kappa shape index (κ3) is 4.85. The van der Waals surface area contributed by atoms with Gasteiger partial charge in [0.25, 0.3) is 11.5 Å². The van der Waals surface area contributed by atoms with Crippen LogP contribution in [0.25, 0.3) is 16.7 Å². The maximum Gasteiger partial charge on any atom is 0.404 e. The van der Waals surface area contributed by atoms with Crippen molar-refractivity contribution >= 4 is 34.4 Å². The molecule has 1 atom stereocenters. The van der Waals surface area contributed by atoms with Crippen molar-refractivity contribution in [3.05, 3.63) is 76.0 Å². The lowest BCUT2D eigenvalue weighted by Gasteiger charge is -2.23. The molecule has 2 aromatic heterocycles. The number of halogens is 2. The molecular formula is C27H27F2N7O4. The number of nitrogens with zero attached hydrogens (tertiary/aromatic N) is 5. The van der Waals surface area contributed by atoms with Gasteiger partial charge in [0.2, 0.25) is 0 Å². The van der Waals surface area contributed by atoms with Crippen molar-refractivity contribution in [2.24, 2.45) is 7.05 Å². The van der Waals surface area contributed by atoms with Crippen LogP contribution in [0.15, 0.2) is 47.3 Å². The summed E-state index contributed by atoms with van der Waals surface area (Å²) in [6.45, 7) is 4.91. The minimum atomic E-state index is -1.12. The zero-order valence-corrected chi connectivity index (χ0v) is 22.0. The number of carbonyl (C=O) groups is 2. The van der Waals surface area contributed by atoms with Crippen molar-refractivity contribution in [1.29, 1.82) is 0 Å². The van der Waals surface area contributed by atoms with E-state index in [4.69, 9.17) is 4.98 Å². The molecule has 0 radical (unpaired) electrons. The summed E-state index contributed by atoms with van der Waals surface area (Å²) in [4.78, 5) is 43.8. The number of amides is 2. The maximum atomic E-state index is 14.4. The lowest BCUT2D eigenvalue weighted by molar-refractivity contribution is 0.102. The molecule has 1 saturated heterocycles. The molecule has 0 spiro atoms. The molecule has 2 amide bonds. The molecule has 13 heteroatoms. The van der Waals surface area contributed by atoms with Crippen LogP contribution >= 0.6 is 0 Å². The van der Waals surface area contributed by atoms with Crippen LogP contribution in [0.4, 0.5) is 25.0 Å². The number of imidazole rings is 1. The fraction of sp³-hybridized carbons (Fsp3) is 0.296. The van der Waals surface area contributed by atoms with Gasteiger partial charge in [0, 0.05) is 32.1 Å². The van der Waals surface area contributed by atoms with Gasteiger partial charge in [0.15, 0.2) is 11.6 Å². The predicted molar refractivity (Wildman–Crippen MR) is 144 cm³/mol. The molecule has 2 aromatic carbocycles. The molecule has 3 heterocycles. The highest BCUT2D eigenvalue weighted by Crippen LogP contribution is 2.37. The summed E-state index contributed by atoms with van der Waals surface area (Å²) >= 11 is 0. The van der Waals surface area contributed by atoms with E-state index in [1.54, 1.807) is 6.07 Å². The van der Waals surface area contributed by atoms with Crippen molar-refractivity contribution in [2.45, 2.75) is 32.2 Å². The maximum absolute atomic E-state index is 14.4. The van der Waals surface area contributed by atoms with Gasteiger partial charge in [-0.2, -0.15) is 9.78 Å². The number of carboxylic acid groups (broad SMARTS) is 1. The van der Waals surface area contributed by atoms with Crippen molar-refractivity contribution in [2.75, 3.05) is 23.3 Å². The number of hydrogen-bond acceptors (Lipinski definition) is 6. The topological polar surface area (TPSA) is 134 Å². The summed E-state index contributed by atoms with van der Waals surface area (Å²) in [6, 6.07) is 8.53. The van der Waals surface area contributed by atoms with E-state index < -0.39 is 34.9 Å². The lowest BCUT2D eigenvalue weighted by atomic mass is 10.2. The van der Waals surface area contributed by atoms with Gasteiger partial charge >= 0.3 is 6.09 Å². The summed E-state index contributed by atoms with van der Waals surface area (Å²) in [5, 5.41) is 18.4. The summed E-state index contributed by atoms with van der Waals surface area (Å²) in [7, 11) is 1.90. The number of para-hydroxylation sites is 1. The molecule has 1 aliphatic rings. The van der Waals surface area contributed by atoms with Crippen LogP contribution in [0.2, 0.25) is 0 Å². The van der Waals surface area contributed by atoms with E-state index in [-0.39, 0.29) is 17.7 Å². The first-order valence-electron chi connectivity index (χ1n) is 12.6. The molecule has 40 heavy (non-hydrogen) atoms. The summed E-state index contributed by atoms with van der Waals surface area (Å²) in [5.74, 6) is -1.78. The van der Waals surface area contributed by atoms with Gasteiger partial charge < -0.3 is 25.2 Å². The number of fused-ring (bicyclic) bond motifs is 1. The lowest BCUT2D eigenvalue weighted by Crippen LogP contribution is -2.36. The third-order valence-corrected chi connectivity index (χ3v) is 6.84. The van der Waals surface area contributed by atoms with Crippen LogP contribution in [0.3, 0.4) is 0 Å². The molecular weight excluding hydrogens is 524 g/mol. The Balaban J connectivity index is 1.56. The zero-order valence-electron chi connectivity index (χ0n) is 22.0. The second-order valence-corrected chi connectivity index (χ2v) is 9.89. The Labute approximate surface area is 227 Å². The van der Waals surface area contributed by atoms with E-state index in [1.165, 1.54) is 6.07 Å². The van der Waals surface area contributed by atoms with E-state index in [1.807, 2.05) is 36.4 Å². The number of hydrogen-bond donors (Lipinski definition) is 3. The molecule has 1 aliphatic heterocycles. The van der Waals surface area contributed by atoms with Gasteiger partial charge in [-0.15, -0.1) is 0 Å². The first-order valence-corrected chi connectivity index (χ1v) is 12.6. The average molecular weight is 552 g/mol. The van der Waals surface area contributed by atoms with Crippen LogP contribution in [0.5, 0.6) is 0 Å². The number of aryl methyl sites for hydroxylation is 1. The van der Waals surface area contributed by atoms with Crippen molar-refractivity contribution in [3.63, 3.8) is 0 Å². The van der Waals surface area contributed by atoms with E-state index in [0.29, 0.717) is 41.1 Å². The van der Waals surface area contributed by atoms with E-state index in [9.17, 15) is 28.3 Å². The number of rotatable bonds is 6. The second-order valence-electron chi connectivity index (χ2n) is 9.89. The van der Waals surface area contributed by atoms with Crippen LogP contribution in [0.1, 0.15) is 42.5 Å². The Morgan fingerprint density at radius 3 is 2.48 bits per heavy atom. The summed E-state index contributed by atoms with van der Waals surface area (Å²) in [5.41, 5.74) is 0.706. The van der Waals surface area contributed by atoms with Gasteiger partial charge in [-0.05, 0) is 36.8 Å². The number of carbonyl (C=O) groups excluding carboxylic acids is 1. The minimum Gasteiger partial charge on any atom is -0.465 e. The Morgan fingerprint density at radius 2 is 1.80 bits per heavy atom. The Morgan fingerprint density at radius 1 is 1.07 bits per heavy atom. The van der Waals surface area contributed by atoms with Crippen LogP contribution in [-0.4, -0.2) is 55.6 Å². The Hall–Kier alpha value is -4.81. The molecule has 0 saturated carbocycles. The molecule has 11 nitrogen and oxygen atoms in total. The van der Waals surface area contributed by atoms with Crippen molar-refractivity contribution in [1.82, 2.24) is 24.6 Å². The number of benzene rings is 2. The van der Waals surface area contributed by atoms with Gasteiger partial charge in [-0.3, -0.25) is 9.59 Å². The molecule has 0 unspecified atom stereocenters. The van der Waals surface area contributed by atoms with Gasteiger partial charge in [0.1, 0.15) is 22.7 Å². The van der Waals surface area contributed by atoms with Crippen LogP contribution in [-0.2, 0) is 7.05 Å². The second kappa shape index (κ2) is 10.4. The van der Waals surface area contributed by atoms with Gasteiger partial charge in [-0.25, -0.2) is 18.6 Å². The Kier molecular flexibility index (Phi) is 6.96. The van der Waals surface area contributed by atoms with Crippen molar-refractivity contribution < 1.29 is 23.5 Å². The normalized spacial score (nSPS) is 15.2. The highest BCUT2D eigenvalue weighted by molar-refractivity contribution is 6.08. The molecule has 208 valence electrons. The standard InChI is InChI=1S/C27H27F2N7O4/c1-14(2)25-32-22-20(34(25)3)9-7-18(24(22)35-12-11-15(13-35)30-27(39)40)31-26(38)19-8-10-21(37)36(33-19)23-16(28)5-4-6-17(23)29/h4-10,14-15,30H,11-13H2,1-3H3,(H,31,38)(H,39,40)/t15-/m1/s1. The third-order valence-electron chi connectivity index (χ3n) is 6.84. The summed E-state index contributed by atoms with van der Waals surface area (Å²) in [6.07, 6.45) is -0.563. The highest BCUT2D eigenvalue weighted by atomic mass is 19.1. The Bertz CT molecular complexity index is 1680. The molecule has 0 bridgehead atoms. The first-order chi connectivity index (χ1) is 19.0. The average Bonchev–Trinajstić information content (AvgIpc) is 3.48. The van der Waals surface area contributed by atoms with E-state index in [0.717, 1.165) is 35.6 Å². The fourth-order valence-electron chi connectivity index (χ4n) is 5.03. The number of aromatic nitrogens is 4. The highest BCUT2D eigenvalue weighted by Gasteiger charge is 2.29. The number of anilines is 2. The SMILES string of the molecule is CC(C)c1nc2c(N3CC[C@@H](NC(=O)O)C3)c(NC(=O)c3ccc(=O)n(-c4c(F)cccc4F)n3)ccc2n1C. The van der Waals surface area contributed by atoms with Crippen molar-refractivity contribution in [3.8, 4) is 5.69 Å². The van der Waals surface area contributed by atoms with Crippen LogP contribution < -0.4 is 21.1 Å². The molecule has 4 aromatic rings. The molecule has 5 rings (SSSR count). The fourth-order valence-corrected chi connectivity index (χ4v) is 5.03. The van der Waals surface area contributed by atoms with Gasteiger partial charge in [0.05, 0.1) is 22.9 Å². The van der Waals surface area contributed by atoms with Crippen LogP contribution in [0, 0.1) is 11.6 Å². The molecule has 3 N–H and O–H groups in total. The minimum absolute atomic E-state index is 0.118. The van der Waals surface area contributed by atoms with E-state index in [2.05, 4.69) is 15.7 Å². The largest absolute Gasteiger partial charge is 0.465 e. The quantitative estimate of drug-likeness (QED) is 0.333. The van der Waals surface area contributed by atoms with Gasteiger partial charge in [-0.1, -0.05) is 19.9 Å². The first kappa shape index (κ1) is 26.8. The van der Waals surface area contributed by atoms with E-state index >= 15 is 0 Å². The number of nitrogens with one attached hydrogen (secondary N) is 2. The monoisotopic (exact) mass is 551 g/mol. The predicted octanol–water partition coefficient (Wildman–Crippen LogP) is 3.62.